The van der Waals surface area contributed by atoms with E-state index in [0.29, 0.717) is 11.8 Å². The van der Waals surface area contributed by atoms with Crippen LogP contribution in [0.1, 0.15) is 13.8 Å². The Labute approximate surface area is 103 Å². The molecule has 1 unspecified atom stereocenters. The van der Waals surface area contributed by atoms with Crippen LogP contribution in [0.2, 0.25) is 5.15 Å². The van der Waals surface area contributed by atoms with Gasteiger partial charge in [0.25, 0.3) is 0 Å². The van der Waals surface area contributed by atoms with Crippen LogP contribution in [0.3, 0.4) is 0 Å². The summed E-state index contributed by atoms with van der Waals surface area (Å²) < 4.78 is 6.20. The van der Waals surface area contributed by atoms with Gasteiger partial charge in [-0.15, -0.1) is 0 Å². The van der Waals surface area contributed by atoms with Crippen molar-refractivity contribution >= 4 is 33.2 Å². The lowest BCUT2D eigenvalue weighted by Gasteiger charge is -2.15. The summed E-state index contributed by atoms with van der Waals surface area (Å²) in [6.45, 7) is 5.38. The summed E-state index contributed by atoms with van der Waals surface area (Å²) in [5.41, 5.74) is 0.818. The van der Waals surface area contributed by atoms with E-state index in [-0.39, 0.29) is 6.04 Å². The lowest BCUT2D eigenvalue weighted by Crippen LogP contribution is -2.22. The number of pyridine rings is 1. The monoisotopic (exact) mass is 292 g/mol. The van der Waals surface area contributed by atoms with Crippen molar-refractivity contribution in [3.63, 3.8) is 0 Å². The predicted octanol–water partition coefficient (Wildman–Crippen LogP) is 3.33. The predicted molar refractivity (Wildman–Crippen MR) is 66.5 cm³/mol. The zero-order chi connectivity index (χ0) is 11.3. The van der Waals surface area contributed by atoms with Crippen molar-refractivity contribution in [2.75, 3.05) is 18.5 Å². The first kappa shape index (κ1) is 12.7. The molecule has 1 aromatic heterocycles. The largest absolute Gasteiger partial charge is 0.380 e. The maximum Gasteiger partial charge on any atom is 0.152 e. The highest BCUT2D eigenvalue weighted by atomic mass is 79.9. The Balaban J connectivity index is 2.59. The number of aromatic nitrogens is 1. The van der Waals surface area contributed by atoms with Gasteiger partial charge in [0.05, 0.1) is 12.3 Å². The molecule has 0 aliphatic rings. The average Bonchev–Trinajstić information content (AvgIpc) is 2.20. The van der Waals surface area contributed by atoms with E-state index in [1.807, 2.05) is 19.9 Å². The molecule has 5 heteroatoms. The van der Waals surface area contributed by atoms with Crippen LogP contribution in [-0.2, 0) is 4.74 Å². The molecule has 1 atom stereocenters. The van der Waals surface area contributed by atoms with Crippen LogP contribution in [0.4, 0.5) is 5.69 Å². The van der Waals surface area contributed by atoms with E-state index in [1.54, 1.807) is 6.20 Å². The molecule has 1 heterocycles. The third-order valence-corrected chi connectivity index (χ3v) is 2.51. The molecule has 0 fully saturated rings. The minimum atomic E-state index is 0.207. The summed E-state index contributed by atoms with van der Waals surface area (Å²) in [7, 11) is 0. The van der Waals surface area contributed by atoms with Gasteiger partial charge in [0.15, 0.2) is 5.15 Å². The van der Waals surface area contributed by atoms with Gasteiger partial charge < -0.3 is 10.1 Å². The van der Waals surface area contributed by atoms with E-state index >= 15 is 0 Å². The van der Waals surface area contributed by atoms with Gasteiger partial charge in [-0.25, -0.2) is 4.98 Å². The van der Waals surface area contributed by atoms with E-state index in [0.717, 1.165) is 16.8 Å². The van der Waals surface area contributed by atoms with Crippen molar-refractivity contribution in [3.8, 4) is 0 Å². The number of nitrogens with one attached hydrogen (secondary N) is 1. The van der Waals surface area contributed by atoms with Gasteiger partial charge in [-0.1, -0.05) is 11.6 Å². The Bertz CT molecular complexity index is 322. The smallest absolute Gasteiger partial charge is 0.152 e. The van der Waals surface area contributed by atoms with Crippen LogP contribution >= 0.6 is 27.5 Å². The number of ether oxygens (including phenoxy) is 1. The molecule has 0 aliphatic heterocycles. The summed E-state index contributed by atoms with van der Waals surface area (Å²) in [4.78, 5) is 4.03. The minimum absolute atomic E-state index is 0.207. The van der Waals surface area contributed by atoms with Gasteiger partial charge >= 0.3 is 0 Å². The quantitative estimate of drug-likeness (QED) is 0.846. The van der Waals surface area contributed by atoms with E-state index < -0.39 is 0 Å². The maximum absolute atomic E-state index is 5.94. The molecule has 1 aromatic rings. The lowest BCUT2D eigenvalue weighted by atomic mass is 10.3. The zero-order valence-electron chi connectivity index (χ0n) is 8.76. The molecule has 0 aromatic carbocycles. The maximum atomic E-state index is 5.94. The second kappa shape index (κ2) is 6.30. The van der Waals surface area contributed by atoms with Crippen molar-refractivity contribution < 1.29 is 4.74 Å². The van der Waals surface area contributed by atoms with Crippen LogP contribution in [0.5, 0.6) is 0 Å². The molecule has 0 saturated carbocycles. The molecule has 0 saturated heterocycles. The number of hydrogen-bond acceptors (Lipinski definition) is 3. The van der Waals surface area contributed by atoms with Gasteiger partial charge in [-0.2, -0.15) is 0 Å². The van der Waals surface area contributed by atoms with Crippen LogP contribution < -0.4 is 5.32 Å². The molecule has 0 spiro atoms. The Morgan fingerprint density at radius 3 is 3.07 bits per heavy atom. The number of halogens is 2. The fourth-order valence-corrected chi connectivity index (χ4v) is 1.61. The van der Waals surface area contributed by atoms with Crippen LogP contribution in [-0.4, -0.2) is 24.2 Å². The molecule has 0 radical (unpaired) electrons. The zero-order valence-corrected chi connectivity index (χ0v) is 11.1. The summed E-state index contributed by atoms with van der Waals surface area (Å²) in [5, 5.41) is 3.71. The van der Waals surface area contributed by atoms with Crippen LogP contribution in [0.15, 0.2) is 16.7 Å². The first-order valence-electron chi connectivity index (χ1n) is 4.78. The number of nitrogens with zero attached hydrogens (tertiary/aromatic N) is 1. The Hall–Kier alpha value is -0.320. The van der Waals surface area contributed by atoms with Crippen LogP contribution in [0, 0.1) is 0 Å². The third-order valence-electron chi connectivity index (χ3n) is 1.78. The standard InChI is InChI=1S/C10H14BrClN2O/c1-3-15-6-7(2)14-9-4-8(11)5-13-10(9)12/h4-5,7,14H,3,6H2,1-2H3. The topological polar surface area (TPSA) is 34.1 Å². The summed E-state index contributed by atoms with van der Waals surface area (Å²) >= 11 is 9.29. The number of rotatable bonds is 5. The highest BCUT2D eigenvalue weighted by Crippen LogP contribution is 2.23. The van der Waals surface area contributed by atoms with Crippen molar-refractivity contribution in [1.29, 1.82) is 0 Å². The minimum Gasteiger partial charge on any atom is -0.380 e. The lowest BCUT2D eigenvalue weighted by molar-refractivity contribution is 0.141. The molecule has 84 valence electrons. The fraction of sp³-hybridized carbons (Fsp3) is 0.500. The van der Waals surface area contributed by atoms with Gasteiger partial charge in [-0.05, 0) is 35.8 Å². The second-order valence-electron chi connectivity index (χ2n) is 3.20. The molecular formula is C10H14BrClN2O. The molecule has 15 heavy (non-hydrogen) atoms. The Morgan fingerprint density at radius 2 is 2.40 bits per heavy atom. The van der Waals surface area contributed by atoms with E-state index in [4.69, 9.17) is 16.3 Å². The molecule has 1 N–H and O–H groups in total. The number of anilines is 1. The van der Waals surface area contributed by atoms with Crippen molar-refractivity contribution in [1.82, 2.24) is 4.98 Å². The van der Waals surface area contributed by atoms with Crippen molar-refractivity contribution in [2.45, 2.75) is 19.9 Å². The Kier molecular flexibility index (Phi) is 5.36. The summed E-state index contributed by atoms with van der Waals surface area (Å²) in [6.07, 6.45) is 1.67. The first-order chi connectivity index (χ1) is 7.13. The molecule has 3 nitrogen and oxygen atoms in total. The summed E-state index contributed by atoms with van der Waals surface area (Å²) in [5.74, 6) is 0. The molecule has 0 bridgehead atoms. The molecule has 0 aliphatic carbocycles. The second-order valence-corrected chi connectivity index (χ2v) is 4.47. The van der Waals surface area contributed by atoms with Crippen LogP contribution in [0.25, 0.3) is 0 Å². The SMILES string of the molecule is CCOCC(C)Nc1cc(Br)cnc1Cl. The average molecular weight is 294 g/mol. The van der Waals surface area contributed by atoms with Gasteiger partial charge in [0.2, 0.25) is 0 Å². The van der Waals surface area contributed by atoms with Crippen molar-refractivity contribution in [2.24, 2.45) is 0 Å². The molecular weight excluding hydrogens is 279 g/mol. The molecule has 0 amide bonds. The highest BCUT2D eigenvalue weighted by Gasteiger charge is 2.06. The summed E-state index contributed by atoms with van der Waals surface area (Å²) in [6, 6.07) is 2.11. The third kappa shape index (κ3) is 4.36. The fourth-order valence-electron chi connectivity index (χ4n) is 1.13. The van der Waals surface area contributed by atoms with Gasteiger partial charge in [0, 0.05) is 23.3 Å². The number of hydrogen-bond donors (Lipinski definition) is 1. The first-order valence-corrected chi connectivity index (χ1v) is 5.96. The van der Waals surface area contributed by atoms with E-state index in [9.17, 15) is 0 Å². The molecule has 1 rings (SSSR count). The highest BCUT2D eigenvalue weighted by molar-refractivity contribution is 9.10. The van der Waals surface area contributed by atoms with E-state index in [1.165, 1.54) is 0 Å². The Morgan fingerprint density at radius 1 is 1.67 bits per heavy atom. The normalized spacial score (nSPS) is 12.5. The van der Waals surface area contributed by atoms with Crippen molar-refractivity contribution in [3.05, 3.63) is 21.9 Å². The van der Waals surface area contributed by atoms with Gasteiger partial charge in [-0.3, -0.25) is 0 Å². The van der Waals surface area contributed by atoms with E-state index in [2.05, 4.69) is 26.2 Å². The van der Waals surface area contributed by atoms with Gasteiger partial charge in [0.1, 0.15) is 0 Å².